The maximum absolute atomic E-state index is 10.8. The minimum atomic E-state index is -0.560. The van der Waals surface area contributed by atoms with E-state index in [0.29, 0.717) is 6.42 Å². The first-order valence-corrected chi connectivity index (χ1v) is 5.51. The van der Waals surface area contributed by atoms with E-state index in [1.165, 1.54) is 5.56 Å². The van der Waals surface area contributed by atoms with Crippen molar-refractivity contribution in [2.45, 2.75) is 25.8 Å². The van der Waals surface area contributed by atoms with E-state index in [1.807, 2.05) is 31.2 Å². The van der Waals surface area contributed by atoms with Gasteiger partial charge >= 0.3 is 0 Å². The molecule has 0 heterocycles. The number of hydrogen-bond donors (Lipinski definition) is 3. The fraction of sp³-hybridized carbons (Fsp3) is 0.417. The zero-order valence-corrected chi connectivity index (χ0v) is 9.57. The van der Waals surface area contributed by atoms with E-state index in [-0.39, 0.29) is 0 Å². The monoisotopic (exact) mass is 221 g/mol. The molecule has 4 heteroatoms. The molecule has 0 radical (unpaired) electrons. The molecule has 1 amide bonds. The molecule has 0 spiro atoms. The van der Waals surface area contributed by atoms with Gasteiger partial charge in [-0.05, 0) is 31.4 Å². The van der Waals surface area contributed by atoms with Crippen molar-refractivity contribution >= 4 is 11.6 Å². The molecule has 1 rings (SSSR count). The Morgan fingerprint density at radius 3 is 2.75 bits per heavy atom. The van der Waals surface area contributed by atoms with Crippen molar-refractivity contribution in [1.29, 1.82) is 0 Å². The molecule has 0 aliphatic heterocycles. The number of carbonyl (C=O) groups is 1. The van der Waals surface area contributed by atoms with Crippen molar-refractivity contribution in [3.63, 3.8) is 0 Å². The number of rotatable bonds is 6. The number of amides is 1. The first-order chi connectivity index (χ1) is 7.65. The molecule has 0 saturated carbocycles. The number of nitrogens with two attached hydrogens (primary N) is 2. The first kappa shape index (κ1) is 12.5. The number of para-hydroxylation sites is 1. The van der Waals surface area contributed by atoms with Gasteiger partial charge in [0.1, 0.15) is 0 Å². The van der Waals surface area contributed by atoms with Crippen LogP contribution in [-0.2, 0) is 11.2 Å². The predicted octanol–water partition coefficient (Wildman–Crippen LogP) is 0.864. The molecule has 1 aromatic rings. The van der Waals surface area contributed by atoms with E-state index >= 15 is 0 Å². The average molecular weight is 221 g/mol. The molecule has 1 unspecified atom stereocenters. The van der Waals surface area contributed by atoms with Gasteiger partial charge in [0.2, 0.25) is 5.91 Å². The standard InChI is InChI=1S/C12H19N3O/c1-2-15-11-6-4-3-5-9(11)7-8-10(13)12(14)16/h3-6,10,15H,2,7-8,13H2,1H3,(H2,14,16). The van der Waals surface area contributed by atoms with Crippen LogP contribution in [0.5, 0.6) is 0 Å². The van der Waals surface area contributed by atoms with Gasteiger partial charge in [0.05, 0.1) is 6.04 Å². The molecule has 0 saturated heterocycles. The van der Waals surface area contributed by atoms with Crippen molar-refractivity contribution < 1.29 is 4.79 Å². The molecule has 88 valence electrons. The van der Waals surface area contributed by atoms with Crippen LogP contribution in [0, 0.1) is 0 Å². The summed E-state index contributed by atoms with van der Waals surface area (Å²) in [6.45, 7) is 2.92. The van der Waals surface area contributed by atoms with E-state index in [1.54, 1.807) is 0 Å². The van der Waals surface area contributed by atoms with Crippen LogP contribution in [0.1, 0.15) is 18.9 Å². The summed E-state index contributed by atoms with van der Waals surface area (Å²) in [6, 6.07) is 7.46. The van der Waals surface area contributed by atoms with Crippen molar-refractivity contribution in [3.8, 4) is 0 Å². The number of carbonyl (C=O) groups excluding carboxylic acids is 1. The van der Waals surface area contributed by atoms with Gasteiger partial charge in [0.25, 0.3) is 0 Å². The van der Waals surface area contributed by atoms with E-state index in [2.05, 4.69) is 5.32 Å². The summed E-state index contributed by atoms with van der Waals surface area (Å²) >= 11 is 0. The summed E-state index contributed by atoms with van der Waals surface area (Å²) in [5.41, 5.74) is 13.0. The summed E-state index contributed by atoms with van der Waals surface area (Å²) in [5.74, 6) is -0.444. The highest BCUT2D eigenvalue weighted by Crippen LogP contribution is 2.16. The highest BCUT2D eigenvalue weighted by atomic mass is 16.1. The summed E-state index contributed by atoms with van der Waals surface area (Å²) < 4.78 is 0. The zero-order valence-electron chi connectivity index (χ0n) is 9.57. The highest BCUT2D eigenvalue weighted by molar-refractivity contribution is 5.79. The third kappa shape index (κ3) is 3.55. The number of anilines is 1. The van der Waals surface area contributed by atoms with Gasteiger partial charge in [-0.2, -0.15) is 0 Å². The second-order valence-electron chi connectivity index (χ2n) is 3.74. The third-order valence-electron chi connectivity index (χ3n) is 2.47. The molecule has 1 atom stereocenters. The Balaban J connectivity index is 2.62. The third-order valence-corrected chi connectivity index (χ3v) is 2.47. The lowest BCUT2D eigenvalue weighted by atomic mass is 10.0. The first-order valence-electron chi connectivity index (χ1n) is 5.51. The fourth-order valence-corrected chi connectivity index (χ4v) is 1.55. The molecule has 0 fully saturated rings. The predicted molar refractivity (Wildman–Crippen MR) is 66.1 cm³/mol. The SMILES string of the molecule is CCNc1ccccc1CCC(N)C(N)=O. The smallest absolute Gasteiger partial charge is 0.234 e. The number of hydrogen-bond acceptors (Lipinski definition) is 3. The van der Waals surface area contributed by atoms with E-state index in [9.17, 15) is 4.79 Å². The minimum absolute atomic E-state index is 0.444. The molecular formula is C12H19N3O. The minimum Gasteiger partial charge on any atom is -0.385 e. The van der Waals surface area contributed by atoms with E-state index in [0.717, 1.165) is 18.7 Å². The largest absolute Gasteiger partial charge is 0.385 e. The number of aryl methyl sites for hydroxylation is 1. The van der Waals surface area contributed by atoms with Crippen molar-refractivity contribution in [3.05, 3.63) is 29.8 Å². The Morgan fingerprint density at radius 1 is 1.44 bits per heavy atom. The van der Waals surface area contributed by atoms with Gasteiger partial charge in [0.15, 0.2) is 0 Å². The van der Waals surface area contributed by atoms with Crippen LogP contribution in [0.3, 0.4) is 0 Å². The van der Waals surface area contributed by atoms with Crippen LogP contribution >= 0.6 is 0 Å². The Morgan fingerprint density at radius 2 is 2.12 bits per heavy atom. The second-order valence-corrected chi connectivity index (χ2v) is 3.74. The Labute approximate surface area is 96.0 Å². The van der Waals surface area contributed by atoms with Gasteiger partial charge in [-0.3, -0.25) is 4.79 Å². The highest BCUT2D eigenvalue weighted by Gasteiger charge is 2.10. The molecule has 0 aromatic heterocycles. The maximum atomic E-state index is 10.8. The molecule has 0 aliphatic carbocycles. The van der Waals surface area contributed by atoms with Crippen molar-refractivity contribution in [2.75, 3.05) is 11.9 Å². The van der Waals surface area contributed by atoms with Gasteiger partial charge in [-0.1, -0.05) is 18.2 Å². The van der Waals surface area contributed by atoms with Crippen molar-refractivity contribution in [1.82, 2.24) is 0 Å². The van der Waals surface area contributed by atoms with Crippen LogP contribution in [0.4, 0.5) is 5.69 Å². The van der Waals surface area contributed by atoms with Gasteiger partial charge in [-0.15, -0.1) is 0 Å². The van der Waals surface area contributed by atoms with Crippen LogP contribution in [-0.4, -0.2) is 18.5 Å². The maximum Gasteiger partial charge on any atom is 0.234 e. The average Bonchev–Trinajstić information content (AvgIpc) is 2.27. The zero-order chi connectivity index (χ0) is 12.0. The van der Waals surface area contributed by atoms with Crippen LogP contribution in [0.25, 0.3) is 0 Å². The lowest BCUT2D eigenvalue weighted by molar-refractivity contribution is -0.119. The Hall–Kier alpha value is -1.55. The number of primary amides is 1. The number of nitrogens with one attached hydrogen (secondary N) is 1. The van der Waals surface area contributed by atoms with Crippen LogP contribution in [0.15, 0.2) is 24.3 Å². The lowest BCUT2D eigenvalue weighted by Gasteiger charge is -2.12. The van der Waals surface area contributed by atoms with Crippen LogP contribution in [0.2, 0.25) is 0 Å². The Bertz CT molecular complexity index is 352. The summed E-state index contributed by atoms with van der Waals surface area (Å²) in [6.07, 6.45) is 1.34. The van der Waals surface area contributed by atoms with Crippen LogP contribution < -0.4 is 16.8 Å². The molecule has 4 nitrogen and oxygen atoms in total. The summed E-state index contributed by atoms with van der Waals surface area (Å²) in [4.78, 5) is 10.8. The molecule has 16 heavy (non-hydrogen) atoms. The second kappa shape index (κ2) is 6.12. The Kier molecular flexibility index (Phi) is 4.79. The normalized spacial score (nSPS) is 12.1. The van der Waals surface area contributed by atoms with E-state index < -0.39 is 11.9 Å². The van der Waals surface area contributed by atoms with Crippen molar-refractivity contribution in [2.24, 2.45) is 11.5 Å². The topological polar surface area (TPSA) is 81.1 Å². The summed E-state index contributed by atoms with van der Waals surface area (Å²) in [5, 5.41) is 3.27. The number of benzene rings is 1. The molecular weight excluding hydrogens is 202 g/mol. The molecule has 1 aromatic carbocycles. The van der Waals surface area contributed by atoms with E-state index in [4.69, 9.17) is 11.5 Å². The van der Waals surface area contributed by atoms with Gasteiger partial charge in [-0.25, -0.2) is 0 Å². The molecule has 0 bridgehead atoms. The van der Waals surface area contributed by atoms with Gasteiger partial charge < -0.3 is 16.8 Å². The summed E-state index contributed by atoms with van der Waals surface area (Å²) in [7, 11) is 0. The molecule has 0 aliphatic rings. The quantitative estimate of drug-likeness (QED) is 0.666. The lowest BCUT2D eigenvalue weighted by Crippen LogP contribution is -2.36. The van der Waals surface area contributed by atoms with Gasteiger partial charge in [0, 0.05) is 12.2 Å². The molecule has 5 N–H and O–H groups in total. The fourth-order valence-electron chi connectivity index (χ4n) is 1.55.